The second kappa shape index (κ2) is 6.15. The molecule has 0 aromatic carbocycles. The number of rotatable bonds is 3. The molecule has 2 aliphatic heterocycles. The van der Waals surface area contributed by atoms with Crippen LogP contribution < -0.4 is 10.6 Å². The Balaban J connectivity index is 1.49. The highest BCUT2D eigenvalue weighted by atomic mass is 16.2. The van der Waals surface area contributed by atoms with Crippen LogP contribution in [-0.4, -0.2) is 52.0 Å². The van der Waals surface area contributed by atoms with E-state index >= 15 is 0 Å². The van der Waals surface area contributed by atoms with E-state index in [4.69, 9.17) is 0 Å². The molecule has 116 valence electrons. The number of aromatic amines is 1. The lowest BCUT2D eigenvalue weighted by Gasteiger charge is -2.35. The number of fused-ring (bicyclic) bond motifs is 1. The normalized spacial score (nSPS) is 24.0. The Bertz CT molecular complexity index is 490. The van der Waals surface area contributed by atoms with E-state index in [1.54, 1.807) is 6.33 Å². The number of aromatic nitrogens is 2. The minimum atomic E-state index is -0.149. The van der Waals surface area contributed by atoms with Crippen LogP contribution in [0.15, 0.2) is 6.33 Å². The third-order valence-corrected chi connectivity index (χ3v) is 4.65. The second-order valence-electron chi connectivity index (χ2n) is 6.38. The predicted molar refractivity (Wildman–Crippen MR) is 80.8 cm³/mol. The summed E-state index contributed by atoms with van der Waals surface area (Å²) in [6.07, 6.45) is 4.47. The molecule has 3 rings (SSSR count). The predicted octanol–water partition coefficient (Wildman–Crippen LogP) is 0.413. The minimum absolute atomic E-state index is 0.117. The summed E-state index contributed by atoms with van der Waals surface area (Å²) in [5, 5.41) is 6.49. The Morgan fingerprint density at radius 1 is 1.43 bits per heavy atom. The summed E-state index contributed by atoms with van der Waals surface area (Å²) in [6.45, 7) is 7.30. The van der Waals surface area contributed by atoms with E-state index in [1.807, 2.05) is 0 Å². The number of carbonyl (C=O) groups excluding carboxylic acids is 1. The quantitative estimate of drug-likeness (QED) is 0.754. The van der Waals surface area contributed by atoms with Gasteiger partial charge in [-0.3, -0.25) is 10.1 Å². The average molecular weight is 291 g/mol. The molecule has 1 atom stereocenters. The van der Waals surface area contributed by atoms with E-state index in [0.717, 1.165) is 37.3 Å². The second-order valence-corrected chi connectivity index (χ2v) is 6.38. The van der Waals surface area contributed by atoms with Crippen molar-refractivity contribution in [2.75, 3.05) is 13.1 Å². The van der Waals surface area contributed by atoms with Crippen LogP contribution in [0.1, 0.15) is 38.1 Å². The van der Waals surface area contributed by atoms with E-state index < -0.39 is 0 Å². The minimum Gasteiger partial charge on any atom is -0.352 e. The zero-order chi connectivity index (χ0) is 14.8. The molecule has 0 radical (unpaired) electrons. The van der Waals surface area contributed by atoms with Crippen LogP contribution in [0.3, 0.4) is 0 Å². The molecule has 21 heavy (non-hydrogen) atoms. The largest absolute Gasteiger partial charge is 0.352 e. The monoisotopic (exact) mass is 291 g/mol. The van der Waals surface area contributed by atoms with Crippen molar-refractivity contribution in [1.82, 2.24) is 25.5 Å². The summed E-state index contributed by atoms with van der Waals surface area (Å²) in [4.78, 5) is 22.2. The number of hydrogen-bond donors (Lipinski definition) is 3. The lowest BCUT2D eigenvalue weighted by atomic mass is 10.0. The molecule has 1 saturated heterocycles. The van der Waals surface area contributed by atoms with Gasteiger partial charge >= 0.3 is 0 Å². The van der Waals surface area contributed by atoms with Crippen LogP contribution in [0, 0.1) is 0 Å². The van der Waals surface area contributed by atoms with Crippen molar-refractivity contribution in [3.05, 3.63) is 17.7 Å². The first-order valence-electron chi connectivity index (χ1n) is 7.92. The van der Waals surface area contributed by atoms with Gasteiger partial charge in [-0.2, -0.15) is 0 Å². The molecule has 2 aliphatic rings. The third-order valence-electron chi connectivity index (χ3n) is 4.65. The van der Waals surface area contributed by atoms with Crippen molar-refractivity contribution in [3.8, 4) is 0 Å². The average Bonchev–Trinajstić information content (AvgIpc) is 2.95. The maximum absolute atomic E-state index is 12.4. The van der Waals surface area contributed by atoms with Crippen LogP contribution in [0.25, 0.3) is 0 Å². The Morgan fingerprint density at radius 3 is 2.90 bits per heavy atom. The molecular formula is C15H25N5O. The van der Waals surface area contributed by atoms with Crippen molar-refractivity contribution in [2.45, 2.75) is 57.8 Å². The topological polar surface area (TPSA) is 73.0 Å². The van der Waals surface area contributed by atoms with Gasteiger partial charge in [-0.15, -0.1) is 0 Å². The molecule has 0 saturated carbocycles. The van der Waals surface area contributed by atoms with E-state index in [2.05, 4.69) is 39.3 Å². The van der Waals surface area contributed by atoms with Gasteiger partial charge in [-0.1, -0.05) is 0 Å². The van der Waals surface area contributed by atoms with Crippen LogP contribution in [0.5, 0.6) is 0 Å². The lowest BCUT2D eigenvalue weighted by molar-refractivity contribution is -0.124. The molecular weight excluding hydrogens is 266 g/mol. The van der Waals surface area contributed by atoms with Crippen LogP contribution in [0.4, 0.5) is 0 Å². The number of nitrogens with one attached hydrogen (secondary N) is 3. The number of H-pyrrole nitrogens is 1. The highest BCUT2D eigenvalue weighted by Crippen LogP contribution is 2.15. The Labute approximate surface area is 125 Å². The zero-order valence-corrected chi connectivity index (χ0v) is 12.9. The number of piperidine rings is 1. The molecule has 1 unspecified atom stereocenters. The summed E-state index contributed by atoms with van der Waals surface area (Å²) >= 11 is 0. The third kappa shape index (κ3) is 3.27. The molecule has 3 N–H and O–H groups in total. The van der Waals surface area contributed by atoms with Crippen molar-refractivity contribution in [2.24, 2.45) is 0 Å². The van der Waals surface area contributed by atoms with Gasteiger partial charge < -0.3 is 15.2 Å². The number of nitrogens with zero attached hydrogens (tertiary/aromatic N) is 2. The molecule has 0 aliphatic carbocycles. The maximum Gasteiger partial charge on any atom is 0.237 e. The molecule has 3 heterocycles. The van der Waals surface area contributed by atoms with Gasteiger partial charge in [0.25, 0.3) is 0 Å². The standard InChI is InChI=1S/C15H25N5O/c1-10(2)20-5-3-11(4-6-20)19-15(21)13-7-12-14(8-16-13)18-9-17-12/h9-11,13,16H,3-8H2,1-2H3,(H,17,18)(H,19,21). The Hall–Kier alpha value is -1.40. The zero-order valence-electron chi connectivity index (χ0n) is 12.9. The van der Waals surface area contributed by atoms with Crippen molar-refractivity contribution in [3.63, 3.8) is 0 Å². The van der Waals surface area contributed by atoms with Gasteiger partial charge in [-0.05, 0) is 26.7 Å². The maximum atomic E-state index is 12.4. The number of amides is 1. The smallest absolute Gasteiger partial charge is 0.237 e. The van der Waals surface area contributed by atoms with Crippen molar-refractivity contribution < 1.29 is 4.79 Å². The number of imidazole rings is 1. The van der Waals surface area contributed by atoms with Gasteiger partial charge in [0.2, 0.25) is 5.91 Å². The molecule has 0 spiro atoms. The highest BCUT2D eigenvalue weighted by Gasteiger charge is 2.28. The molecule has 6 heteroatoms. The van der Waals surface area contributed by atoms with Gasteiger partial charge in [0, 0.05) is 38.1 Å². The van der Waals surface area contributed by atoms with E-state index in [1.165, 1.54) is 0 Å². The number of likely N-dealkylation sites (tertiary alicyclic amines) is 1. The van der Waals surface area contributed by atoms with E-state index in [9.17, 15) is 4.79 Å². The van der Waals surface area contributed by atoms with Gasteiger partial charge in [-0.25, -0.2) is 4.98 Å². The van der Waals surface area contributed by atoms with Crippen LogP contribution in [0.2, 0.25) is 0 Å². The van der Waals surface area contributed by atoms with Gasteiger partial charge in [0.05, 0.1) is 23.8 Å². The lowest BCUT2D eigenvalue weighted by Crippen LogP contribution is -2.53. The fraction of sp³-hybridized carbons (Fsp3) is 0.733. The highest BCUT2D eigenvalue weighted by molar-refractivity contribution is 5.82. The molecule has 1 aromatic heterocycles. The summed E-state index contributed by atoms with van der Waals surface area (Å²) in [6, 6.07) is 0.763. The van der Waals surface area contributed by atoms with Crippen molar-refractivity contribution in [1.29, 1.82) is 0 Å². The summed E-state index contributed by atoms with van der Waals surface area (Å²) in [7, 11) is 0. The van der Waals surface area contributed by atoms with Crippen LogP contribution >= 0.6 is 0 Å². The van der Waals surface area contributed by atoms with Gasteiger partial charge in [0.15, 0.2) is 0 Å². The molecule has 6 nitrogen and oxygen atoms in total. The first kappa shape index (κ1) is 14.5. The fourth-order valence-corrected chi connectivity index (χ4v) is 3.22. The molecule has 1 fully saturated rings. The fourth-order valence-electron chi connectivity index (χ4n) is 3.22. The Kier molecular flexibility index (Phi) is 4.26. The Morgan fingerprint density at radius 2 is 2.19 bits per heavy atom. The first-order chi connectivity index (χ1) is 10.1. The molecule has 1 aromatic rings. The van der Waals surface area contributed by atoms with Crippen molar-refractivity contribution >= 4 is 5.91 Å². The molecule has 1 amide bonds. The summed E-state index contributed by atoms with van der Waals surface area (Å²) < 4.78 is 0. The number of carbonyl (C=O) groups is 1. The number of hydrogen-bond acceptors (Lipinski definition) is 4. The van der Waals surface area contributed by atoms with E-state index in [-0.39, 0.29) is 11.9 Å². The molecule has 0 bridgehead atoms. The summed E-state index contributed by atoms with van der Waals surface area (Å²) in [5.41, 5.74) is 2.12. The van der Waals surface area contributed by atoms with Gasteiger partial charge in [0.1, 0.15) is 0 Å². The summed E-state index contributed by atoms with van der Waals surface area (Å²) in [5.74, 6) is 0.117. The first-order valence-corrected chi connectivity index (χ1v) is 7.92. The van der Waals surface area contributed by atoms with Crippen LogP contribution in [-0.2, 0) is 17.8 Å². The SMILES string of the molecule is CC(C)N1CCC(NC(=O)C2Cc3nc[nH]c3CN2)CC1. The van der Waals surface area contributed by atoms with E-state index in [0.29, 0.717) is 25.0 Å².